The Bertz CT molecular complexity index is 46.1. The molecule has 1 rings (SSSR count). The number of nitrogens with one attached hydrogen (secondary N) is 1. The predicted molar refractivity (Wildman–Crippen MR) is 31.0 cm³/mol. The summed E-state index contributed by atoms with van der Waals surface area (Å²) in [7, 11) is 0. The minimum Gasteiger partial charge on any atom is -0.316 e. The van der Waals surface area contributed by atoms with Crippen LogP contribution < -0.4 is 5.32 Å². The van der Waals surface area contributed by atoms with Crippen LogP contribution in [0.2, 0.25) is 0 Å². The number of hydrogen-bond donors (Lipinski definition) is 1. The van der Waals surface area contributed by atoms with Crippen LogP contribution >= 0.6 is 0 Å². The summed E-state index contributed by atoms with van der Waals surface area (Å²) in [6.07, 6.45) is 2.44. The first-order chi connectivity index (χ1) is 3.43. The normalized spacial score (nSPS) is 31.3. The minimum absolute atomic E-state index is 0.875. The van der Waals surface area contributed by atoms with Crippen molar-refractivity contribution >= 4 is 0 Å². The van der Waals surface area contributed by atoms with E-state index in [0.717, 1.165) is 12.3 Å². The van der Waals surface area contributed by atoms with E-state index in [2.05, 4.69) is 12.2 Å². The van der Waals surface area contributed by atoms with Crippen molar-refractivity contribution in [1.29, 1.82) is 0 Å². The van der Waals surface area contributed by atoms with Crippen LogP contribution in [-0.4, -0.2) is 13.1 Å². The second-order valence-electron chi connectivity index (χ2n) is 2.15. The van der Waals surface area contributed by atoms with Crippen LogP contribution in [-0.2, 0) is 0 Å². The SMILES string of the molecule is [CH2]C[C@H]1CCNC1. The van der Waals surface area contributed by atoms with Crippen LogP contribution in [0.5, 0.6) is 0 Å². The fourth-order valence-electron chi connectivity index (χ4n) is 0.961. The van der Waals surface area contributed by atoms with Gasteiger partial charge in [0.05, 0.1) is 0 Å². The Balaban J connectivity index is 2.14. The van der Waals surface area contributed by atoms with Crippen molar-refractivity contribution in [3.05, 3.63) is 6.92 Å². The summed E-state index contributed by atoms with van der Waals surface area (Å²) in [6, 6.07) is 0. The van der Waals surface area contributed by atoms with Crippen molar-refractivity contribution in [2.75, 3.05) is 13.1 Å². The second-order valence-corrected chi connectivity index (χ2v) is 2.15. The van der Waals surface area contributed by atoms with Crippen LogP contribution in [0.1, 0.15) is 12.8 Å². The van der Waals surface area contributed by atoms with E-state index in [0.29, 0.717) is 0 Å². The lowest BCUT2D eigenvalue weighted by Crippen LogP contribution is -2.07. The molecule has 0 aromatic carbocycles. The standard InChI is InChI=1S/C6H12N/c1-2-6-3-4-7-5-6/h6-7H,1-5H2/t6-/m0/s1. The topological polar surface area (TPSA) is 12.0 Å². The van der Waals surface area contributed by atoms with Crippen molar-refractivity contribution in [2.24, 2.45) is 5.92 Å². The summed E-state index contributed by atoms with van der Waals surface area (Å²) in [5.41, 5.74) is 0. The second kappa shape index (κ2) is 2.31. The lowest BCUT2D eigenvalue weighted by molar-refractivity contribution is 0.591. The highest BCUT2D eigenvalue weighted by Crippen LogP contribution is 2.09. The van der Waals surface area contributed by atoms with Crippen LogP contribution in [0.4, 0.5) is 0 Å². The van der Waals surface area contributed by atoms with E-state index in [9.17, 15) is 0 Å². The Morgan fingerprint density at radius 2 is 2.57 bits per heavy atom. The molecule has 1 nitrogen and oxygen atoms in total. The smallest absolute Gasteiger partial charge is 0.00200 e. The lowest BCUT2D eigenvalue weighted by atomic mass is 10.1. The van der Waals surface area contributed by atoms with Gasteiger partial charge in [-0.3, -0.25) is 0 Å². The van der Waals surface area contributed by atoms with E-state index >= 15 is 0 Å². The van der Waals surface area contributed by atoms with Crippen molar-refractivity contribution < 1.29 is 0 Å². The zero-order chi connectivity index (χ0) is 5.11. The summed E-state index contributed by atoms with van der Waals surface area (Å²) < 4.78 is 0. The molecule has 1 aliphatic rings. The summed E-state index contributed by atoms with van der Waals surface area (Å²) in [5, 5.41) is 3.28. The van der Waals surface area contributed by atoms with Crippen molar-refractivity contribution in [2.45, 2.75) is 12.8 Å². The zero-order valence-corrected chi connectivity index (χ0v) is 4.61. The third kappa shape index (κ3) is 1.16. The Morgan fingerprint density at radius 3 is 2.86 bits per heavy atom. The van der Waals surface area contributed by atoms with Gasteiger partial charge in [-0.2, -0.15) is 0 Å². The Kier molecular flexibility index (Phi) is 1.69. The Morgan fingerprint density at radius 1 is 1.71 bits per heavy atom. The average molecular weight is 98.2 g/mol. The Hall–Kier alpha value is -0.0400. The summed E-state index contributed by atoms with van der Waals surface area (Å²) in [5.74, 6) is 0.875. The van der Waals surface area contributed by atoms with Gasteiger partial charge < -0.3 is 5.32 Å². The van der Waals surface area contributed by atoms with E-state index in [1.807, 2.05) is 0 Å². The predicted octanol–water partition coefficient (Wildman–Crippen LogP) is 0.820. The van der Waals surface area contributed by atoms with Gasteiger partial charge in [-0.05, 0) is 31.8 Å². The van der Waals surface area contributed by atoms with E-state index < -0.39 is 0 Å². The molecular formula is C6H12N. The van der Waals surface area contributed by atoms with Gasteiger partial charge in [0, 0.05) is 0 Å². The monoisotopic (exact) mass is 98.1 g/mol. The first-order valence-electron chi connectivity index (χ1n) is 2.93. The van der Waals surface area contributed by atoms with E-state index in [1.54, 1.807) is 0 Å². The molecule has 0 aromatic rings. The first-order valence-corrected chi connectivity index (χ1v) is 2.93. The lowest BCUT2D eigenvalue weighted by Gasteiger charge is -1.98. The van der Waals surface area contributed by atoms with E-state index in [-0.39, 0.29) is 0 Å². The molecule has 1 atom stereocenters. The Labute approximate surface area is 45.1 Å². The van der Waals surface area contributed by atoms with Gasteiger partial charge in [0.25, 0.3) is 0 Å². The molecule has 41 valence electrons. The highest BCUT2D eigenvalue weighted by Gasteiger charge is 2.10. The summed E-state index contributed by atoms with van der Waals surface area (Å²) >= 11 is 0. The van der Waals surface area contributed by atoms with Gasteiger partial charge in [-0.25, -0.2) is 0 Å². The molecule has 0 unspecified atom stereocenters. The molecule has 1 heterocycles. The molecule has 1 saturated heterocycles. The molecule has 1 aliphatic heterocycles. The fraction of sp³-hybridized carbons (Fsp3) is 0.833. The number of rotatable bonds is 1. The minimum atomic E-state index is 0.875. The van der Waals surface area contributed by atoms with Crippen molar-refractivity contribution in [3.63, 3.8) is 0 Å². The van der Waals surface area contributed by atoms with Gasteiger partial charge >= 0.3 is 0 Å². The molecule has 1 radical (unpaired) electrons. The molecule has 0 amide bonds. The van der Waals surface area contributed by atoms with Crippen LogP contribution in [0.3, 0.4) is 0 Å². The molecule has 0 saturated carbocycles. The molecule has 1 fully saturated rings. The maximum absolute atomic E-state index is 3.83. The highest BCUT2D eigenvalue weighted by atomic mass is 14.9. The third-order valence-electron chi connectivity index (χ3n) is 1.57. The zero-order valence-electron chi connectivity index (χ0n) is 4.61. The highest BCUT2D eigenvalue weighted by molar-refractivity contribution is 4.70. The first kappa shape index (κ1) is 5.10. The van der Waals surface area contributed by atoms with Gasteiger partial charge in [0.15, 0.2) is 0 Å². The molecule has 0 aliphatic carbocycles. The van der Waals surface area contributed by atoms with Gasteiger partial charge in [-0.1, -0.05) is 6.92 Å². The average Bonchev–Trinajstić information content (AvgIpc) is 2.14. The van der Waals surface area contributed by atoms with Gasteiger partial charge in [0.1, 0.15) is 0 Å². The number of hydrogen-bond acceptors (Lipinski definition) is 1. The van der Waals surface area contributed by atoms with E-state index in [4.69, 9.17) is 0 Å². The summed E-state index contributed by atoms with van der Waals surface area (Å²) in [4.78, 5) is 0. The summed E-state index contributed by atoms with van der Waals surface area (Å²) in [6.45, 7) is 6.23. The molecule has 0 spiro atoms. The fourth-order valence-corrected chi connectivity index (χ4v) is 0.961. The van der Waals surface area contributed by atoms with Crippen molar-refractivity contribution in [1.82, 2.24) is 5.32 Å². The molecule has 1 heteroatoms. The largest absolute Gasteiger partial charge is 0.316 e. The van der Waals surface area contributed by atoms with Crippen LogP contribution in [0, 0.1) is 12.8 Å². The molecule has 7 heavy (non-hydrogen) atoms. The van der Waals surface area contributed by atoms with Crippen LogP contribution in [0.25, 0.3) is 0 Å². The van der Waals surface area contributed by atoms with Crippen molar-refractivity contribution in [3.8, 4) is 0 Å². The molecular weight excluding hydrogens is 86.1 g/mol. The molecule has 0 aromatic heterocycles. The van der Waals surface area contributed by atoms with Gasteiger partial charge in [0.2, 0.25) is 0 Å². The maximum Gasteiger partial charge on any atom is -0.00200 e. The van der Waals surface area contributed by atoms with E-state index in [1.165, 1.54) is 19.5 Å². The molecule has 0 bridgehead atoms. The van der Waals surface area contributed by atoms with Gasteiger partial charge in [-0.15, -0.1) is 0 Å². The third-order valence-corrected chi connectivity index (χ3v) is 1.57. The molecule has 1 N–H and O–H groups in total. The van der Waals surface area contributed by atoms with Crippen LogP contribution in [0.15, 0.2) is 0 Å². The maximum atomic E-state index is 3.83. The quantitative estimate of drug-likeness (QED) is 0.512.